The number of nitrogens with one attached hydrogen (secondary N) is 1. The third kappa shape index (κ3) is 76.9. The zero-order chi connectivity index (χ0) is 24.5. The zero-order valence-corrected chi connectivity index (χ0v) is 26.7. The number of likely N-dealkylation sites (N-methyl/N-ethyl adjacent to an activating group) is 3. The summed E-state index contributed by atoms with van der Waals surface area (Å²) in [6.07, 6.45) is 0. The van der Waals surface area contributed by atoms with Crippen molar-refractivity contribution in [3.63, 3.8) is 0 Å². The number of hydrogen-bond donors (Lipinski definition) is 1. The summed E-state index contributed by atoms with van der Waals surface area (Å²) in [4.78, 5) is 5.76. The van der Waals surface area contributed by atoms with Crippen LogP contribution in [0.4, 0.5) is 0 Å². The van der Waals surface area contributed by atoms with Gasteiger partial charge in [0.2, 0.25) is 0 Å². The summed E-state index contributed by atoms with van der Waals surface area (Å²) in [5, 5.41) is 13.0. The molecule has 0 amide bonds. The van der Waals surface area contributed by atoms with E-state index in [1.807, 2.05) is 0 Å². The summed E-state index contributed by atoms with van der Waals surface area (Å²) < 4.78 is 0. The van der Waals surface area contributed by atoms with Crippen LogP contribution < -0.4 is 23.8 Å². The summed E-state index contributed by atoms with van der Waals surface area (Å²) in [7, 11) is 22.0. The van der Waals surface area contributed by atoms with Crippen molar-refractivity contribution in [3.8, 4) is 0 Å². The molecule has 0 aromatic carbocycles. The molecule has 0 saturated carbocycles. The van der Waals surface area contributed by atoms with Gasteiger partial charge in [-0.2, -0.15) is 0 Å². The molecule has 0 bridgehead atoms. The maximum Gasteiger partial charge on any atom is 1.00 e. The first-order valence-electron chi connectivity index (χ1n) is 10.7. The van der Waals surface area contributed by atoms with Gasteiger partial charge in [0.1, 0.15) is 0 Å². The van der Waals surface area contributed by atoms with Crippen molar-refractivity contribution in [2.75, 3.05) is 81.6 Å². The second-order valence-electron chi connectivity index (χ2n) is 8.61. The molecule has 32 heavy (non-hydrogen) atoms. The molecule has 0 aliphatic heterocycles. The molecule has 0 unspecified atom stereocenters. The maximum atomic E-state index is 4.73. The second kappa shape index (κ2) is 37.5. The molecule has 6 nitrogen and oxygen atoms in total. The third-order valence-electron chi connectivity index (χ3n) is 3.19. The average Bonchev–Trinajstić information content (AvgIpc) is 2.54. The second-order valence-corrected chi connectivity index (χ2v) is 10.3. The molecule has 0 spiro atoms. The van der Waals surface area contributed by atoms with Crippen LogP contribution in [0.2, 0.25) is 0 Å². The first kappa shape index (κ1) is 47.2. The van der Waals surface area contributed by atoms with E-state index in [9.17, 15) is 0 Å². The van der Waals surface area contributed by atoms with Crippen LogP contribution >= 0.6 is 20.3 Å². The molecular formula is C21H52Cl2Co2LiN6-. The number of quaternary nitrogens is 1. The van der Waals surface area contributed by atoms with E-state index in [-0.39, 0.29) is 35.6 Å². The van der Waals surface area contributed by atoms with Gasteiger partial charge in [-0.05, 0) is 41.3 Å². The van der Waals surface area contributed by atoms with E-state index in [2.05, 4.69) is 110 Å². The van der Waals surface area contributed by atoms with E-state index >= 15 is 0 Å². The van der Waals surface area contributed by atoms with Crippen molar-refractivity contribution in [3.05, 3.63) is 16.0 Å². The van der Waals surface area contributed by atoms with Gasteiger partial charge in [0, 0.05) is 16.8 Å². The molecule has 1 radical (unpaired) electrons. The van der Waals surface area contributed by atoms with Crippen LogP contribution in [0.15, 0.2) is 0 Å². The van der Waals surface area contributed by atoms with E-state index in [0.717, 1.165) is 39.3 Å². The van der Waals surface area contributed by atoms with Gasteiger partial charge >= 0.3 is 52.0 Å². The van der Waals surface area contributed by atoms with E-state index < -0.39 is 0 Å². The molecule has 200 valence electrons. The van der Waals surface area contributed by atoms with Crippen molar-refractivity contribution in [1.82, 2.24) is 9.80 Å². The van der Waals surface area contributed by atoms with Crippen LogP contribution in [0.3, 0.4) is 0 Å². The largest absolute Gasteiger partial charge is 1.00 e. The smallest absolute Gasteiger partial charge is 0 e. The van der Waals surface area contributed by atoms with Gasteiger partial charge in [-0.15, -0.1) is 31.2 Å². The molecule has 0 fully saturated rings. The molecule has 0 heterocycles. The molecule has 0 rings (SSSR count). The van der Waals surface area contributed by atoms with Crippen molar-refractivity contribution in [2.45, 2.75) is 59.7 Å². The Morgan fingerprint density at radius 1 is 0.688 bits per heavy atom. The Hall–Kier alpha value is 1.95. The molecule has 0 aliphatic rings. The first-order chi connectivity index (χ1) is 13.8. The van der Waals surface area contributed by atoms with Crippen LogP contribution in [0.25, 0.3) is 16.0 Å². The topological polar surface area (TPSA) is 53.2 Å². The van der Waals surface area contributed by atoms with Gasteiger partial charge in [0.15, 0.2) is 0 Å². The number of nitrogens with zero attached hydrogens (tertiary/aromatic N) is 5. The minimum atomic E-state index is 0. The van der Waals surface area contributed by atoms with Gasteiger partial charge in [-0.25, -0.2) is 0 Å². The maximum absolute atomic E-state index is 4.73. The summed E-state index contributed by atoms with van der Waals surface area (Å²) in [6.45, 7) is 18.9. The Balaban J connectivity index is -0.0000000723. The Bertz CT molecular complexity index is 239. The molecule has 0 saturated heterocycles. The average molecular weight is 584 g/mol. The normalized spacial score (nSPS) is 10.2. The first-order valence-corrected chi connectivity index (χ1v) is 13.6. The number of halogens is 2. The van der Waals surface area contributed by atoms with Crippen LogP contribution in [-0.4, -0.2) is 109 Å². The van der Waals surface area contributed by atoms with E-state index in [1.165, 1.54) is 4.90 Å². The summed E-state index contributed by atoms with van der Waals surface area (Å²) >= 11 is 0.382. The van der Waals surface area contributed by atoms with Crippen molar-refractivity contribution < 1.29 is 53.4 Å². The minimum Gasteiger partial charge on any atom is 0 e. The third-order valence-corrected chi connectivity index (χ3v) is 3.19. The summed E-state index contributed by atoms with van der Waals surface area (Å²) in [5.74, 6) is 0. The Morgan fingerprint density at radius 2 is 0.938 bits per heavy atom. The summed E-state index contributed by atoms with van der Waals surface area (Å²) in [5.41, 5.74) is 0. The molecule has 0 aliphatic carbocycles. The molecule has 0 atom stereocenters. The monoisotopic (exact) mass is 583 g/mol. The number of hydrogen-bond acceptors (Lipinski definition) is 2. The van der Waals surface area contributed by atoms with Crippen molar-refractivity contribution in [2.24, 2.45) is 0 Å². The molecular weight excluding hydrogens is 532 g/mol. The van der Waals surface area contributed by atoms with Crippen LogP contribution in [0.5, 0.6) is 0 Å². The van der Waals surface area contributed by atoms with Gasteiger partial charge in [0.25, 0.3) is 0 Å². The van der Waals surface area contributed by atoms with Crippen LogP contribution in [0.1, 0.15) is 41.5 Å². The van der Waals surface area contributed by atoms with Crippen molar-refractivity contribution in [1.29, 1.82) is 0 Å². The van der Waals surface area contributed by atoms with Gasteiger partial charge < -0.3 is 30.7 Å². The Morgan fingerprint density at radius 3 is 1.12 bits per heavy atom. The fourth-order valence-electron chi connectivity index (χ4n) is 1.58. The Kier molecular flexibility index (Phi) is 55.3. The van der Waals surface area contributed by atoms with Gasteiger partial charge in [-0.1, -0.05) is 48.1 Å². The predicted octanol–water partition coefficient (Wildman–Crippen LogP) is 0.951. The Labute approximate surface area is 239 Å². The standard InChI is InChI=1S/3C7H17N2.2ClH.2Co.Li/c3*1-7(2)8-5-6-9(3)4;;;;;/h3*7H,5-6H2,1-4H3;2*1H;;;/q3*-1;;;;+2;+1/p-1. The van der Waals surface area contributed by atoms with E-state index in [0.29, 0.717) is 31.0 Å². The van der Waals surface area contributed by atoms with Crippen LogP contribution in [0, 0.1) is 0 Å². The number of rotatable bonds is 12. The molecule has 11 heteroatoms. The zero-order valence-electron chi connectivity index (χ0n) is 23.1. The quantitative estimate of drug-likeness (QED) is 0.348. The van der Waals surface area contributed by atoms with E-state index in [4.69, 9.17) is 20.3 Å². The minimum absolute atomic E-state index is 0. The van der Waals surface area contributed by atoms with Crippen LogP contribution in [-0.2, 0) is 29.7 Å². The molecule has 0 aromatic heterocycles. The predicted molar refractivity (Wildman–Crippen MR) is 137 cm³/mol. The SMILES string of the molecule is CC(C)[N-]CCN(C)C.CC(C)[N-]CCN(C)C.CC(C)[N-]CC[NH+](C)C.[Cl][Co][Cl].[Co].[Li+]. The fourth-order valence-corrected chi connectivity index (χ4v) is 1.58. The molecule has 1 N–H and O–H groups in total. The summed E-state index contributed by atoms with van der Waals surface area (Å²) in [6, 6.07) is 1.49. The van der Waals surface area contributed by atoms with Gasteiger partial charge in [-0.3, -0.25) is 0 Å². The van der Waals surface area contributed by atoms with Crippen molar-refractivity contribution >= 4 is 20.3 Å². The van der Waals surface area contributed by atoms with Gasteiger partial charge in [0.05, 0.1) is 20.6 Å². The fraction of sp³-hybridized carbons (Fsp3) is 1.00. The van der Waals surface area contributed by atoms with E-state index in [1.54, 1.807) is 0 Å². The molecule has 0 aromatic rings.